The van der Waals surface area contributed by atoms with Crippen molar-refractivity contribution in [2.24, 2.45) is 0 Å². The average molecular weight is 447 g/mol. The number of hydrogen-bond donors (Lipinski definition) is 1. The van der Waals surface area contributed by atoms with Crippen molar-refractivity contribution in [1.82, 2.24) is 15.3 Å². The minimum atomic E-state index is -0.313. The topological polar surface area (TPSA) is 71.3 Å². The molecule has 0 fully saturated rings. The van der Waals surface area contributed by atoms with E-state index < -0.39 is 0 Å². The standard InChI is InChI=1S/C26H27FN4O2/c1-3-18(2)28-24(32)14-15-31(17-21-7-6-16-33-21)26-22-8-4-5-9-23(22)29-25(30-26)19-10-12-20(27)13-11-19/h4-13,16,18H,3,14-15,17H2,1-2H3,(H,28,32). The molecule has 2 heterocycles. The smallest absolute Gasteiger partial charge is 0.221 e. The summed E-state index contributed by atoms with van der Waals surface area (Å²) in [4.78, 5) is 24.1. The van der Waals surface area contributed by atoms with Crippen LogP contribution in [0.1, 0.15) is 32.4 Å². The Balaban J connectivity index is 1.72. The van der Waals surface area contributed by atoms with Gasteiger partial charge in [0.05, 0.1) is 18.3 Å². The quantitative estimate of drug-likeness (QED) is 0.376. The third-order valence-electron chi connectivity index (χ3n) is 5.54. The van der Waals surface area contributed by atoms with Gasteiger partial charge in [-0.05, 0) is 61.9 Å². The van der Waals surface area contributed by atoms with Gasteiger partial charge in [0.15, 0.2) is 5.82 Å². The number of anilines is 1. The molecule has 0 spiro atoms. The number of carbonyl (C=O) groups excluding carboxylic acids is 1. The molecule has 1 N–H and O–H groups in total. The van der Waals surface area contributed by atoms with Crippen LogP contribution in [0.25, 0.3) is 22.3 Å². The summed E-state index contributed by atoms with van der Waals surface area (Å²) < 4.78 is 19.1. The van der Waals surface area contributed by atoms with Gasteiger partial charge < -0.3 is 14.6 Å². The second-order valence-corrected chi connectivity index (χ2v) is 8.02. The van der Waals surface area contributed by atoms with E-state index in [4.69, 9.17) is 14.4 Å². The van der Waals surface area contributed by atoms with Gasteiger partial charge in [-0.15, -0.1) is 0 Å². The Kier molecular flexibility index (Phi) is 6.98. The number of carbonyl (C=O) groups is 1. The monoisotopic (exact) mass is 446 g/mol. The van der Waals surface area contributed by atoms with Crippen LogP contribution in [-0.4, -0.2) is 28.5 Å². The van der Waals surface area contributed by atoms with Gasteiger partial charge >= 0.3 is 0 Å². The molecule has 0 saturated heterocycles. The molecule has 0 aliphatic rings. The molecule has 33 heavy (non-hydrogen) atoms. The Morgan fingerprint density at radius 2 is 1.88 bits per heavy atom. The van der Waals surface area contributed by atoms with Gasteiger partial charge in [0.2, 0.25) is 5.91 Å². The summed E-state index contributed by atoms with van der Waals surface area (Å²) in [5.74, 6) is 1.64. The normalized spacial score (nSPS) is 12.0. The number of amides is 1. The van der Waals surface area contributed by atoms with Gasteiger partial charge in [-0.25, -0.2) is 14.4 Å². The molecular formula is C26H27FN4O2. The van der Waals surface area contributed by atoms with Crippen molar-refractivity contribution in [3.63, 3.8) is 0 Å². The number of halogens is 1. The number of aromatic nitrogens is 2. The number of furan rings is 1. The lowest BCUT2D eigenvalue weighted by atomic mass is 10.1. The van der Waals surface area contributed by atoms with Crippen LogP contribution < -0.4 is 10.2 Å². The minimum Gasteiger partial charge on any atom is -0.467 e. The number of hydrogen-bond acceptors (Lipinski definition) is 5. The molecule has 170 valence electrons. The maximum Gasteiger partial charge on any atom is 0.221 e. The van der Waals surface area contributed by atoms with Gasteiger partial charge in [0.1, 0.15) is 17.4 Å². The van der Waals surface area contributed by atoms with E-state index in [1.54, 1.807) is 18.4 Å². The van der Waals surface area contributed by atoms with Gasteiger partial charge in [0.25, 0.3) is 0 Å². The van der Waals surface area contributed by atoms with Crippen LogP contribution in [0.15, 0.2) is 71.3 Å². The SMILES string of the molecule is CCC(C)NC(=O)CCN(Cc1ccco1)c1nc(-c2ccc(F)cc2)nc2ccccc12. The molecular weight excluding hydrogens is 419 g/mol. The van der Waals surface area contributed by atoms with E-state index in [0.29, 0.717) is 31.2 Å². The number of para-hydroxylation sites is 1. The lowest BCUT2D eigenvalue weighted by Gasteiger charge is -2.25. The minimum absolute atomic E-state index is 0.00841. The maximum atomic E-state index is 13.5. The maximum absolute atomic E-state index is 13.5. The van der Waals surface area contributed by atoms with E-state index in [9.17, 15) is 9.18 Å². The van der Waals surface area contributed by atoms with Gasteiger partial charge in [-0.3, -0.25) is 4.79 Å². The van der Waals surface area contributed by atoms with Crippen LogP contribution in [0.2, 0.25) is 0 Å². The lowest BCUT2D eigenvalue weighted by Crippen LogP contribution is -2.35. The molecule has 1 amide bonds. The molecule has 0 aliphatic carbocycles. The van der Waals surface area contributed by atoms with Crippen molar-refractivity contribution < 1.29 is 13.6 Å². The average Bonchev–Trinajstić information content (AvgIpc) is 3.34. The fourth-order valence-corrected chi connectivity index (χ4v) is 3.57. The number of nitrogens with zero attached hydrogens (tertiary/aromatic N) is 3. The van der Waals surface area contributed by atoms with Crippen LogP contribution in [0.5, 0.6) is 0 Å². The van der Waals surface area contributed by atoms with Crippen LogP contribution >= 0.6 is 0 Å². The molecule has 0 bridgehead atoms. The number of rotatable bonds is 9. The summed E-state index contributed by atoms with van der Waals surface area (Å²) in [6.45, 7) is 4.93. The molecule has 1 atom stereocenters. The Morgan fingerprint density at radius 1 is 1.09 bits per heavy atom. The summed E-state index contributed by atoms with van der Waals surface area (Å²) >= 11 is 0. The van der Waals surface area contributed by atoms with Crippen molar-refractivity contribution >= 4 is 22.6 Å². The summed E-state index contributed by atoms with van der Waals surface area (Å²) in [5.41, 5.74) is 1.49. The second-order valence-electron chi connectivity index (χ2n) is 8.02. The predicted molar refractivity (Wildman–Crippen MR) is 127 cm³/mol. The van der Waals surface area contributed by atoms with Crippen molar-refractivity contribution in [3.05, 3.63) is 78.5 Å². The highest BCUT2D eigenvalue weighted by atomic mass is 19.1. The highest BCUT2D eigenvalue weighted by molar-refractivity contribution is 5.91. The van der Waals surface area contributed by atoms with E-state index in [-0.39, 0.29) is 17.8 Å². The van der Waals surface area contributed by atoms with E-state index in [1.165, 1.54) is 12.1 Å². The van der Waals surface area contributed by atoms with Crippen molar-refractivity contribution in [1.29, 1.82) is 0 Å². The predicted octanol–water partition coefficient (Wildman–Crippen LogP) is 5.34. The summed E-state index contributed by atoms with van der Waals surface area (Å²) in [6, 6.07) is 17.7. The molecule has 4 aromatic rings. The second kappa shape index (κ2) is 10.3. The number of nitrogens with one attached hydrogen (secondary N) is 1. The fourth-order valence-electron chi connectivity index (χ4n) is 3.57. The third kappa shape index (κ3) is 5.55. The van der Waals surface area contributed by atoms with E-state index in [1.807, 2.05) is 55.1 Å². The van der Waals surface area contributed by atoms with Gasteiger partial charge in [-0.2, -0.15) is 0 Å². The Labute approximate surface area is 192 Å². The Bertz CT molecular complexity index is 1210. The van der Waals surface area contributed by atoms with Gasteiger partial charge in [0, 0.05) is 30.0 Å². The van der Waals surface area contributed by atoms with Crippen molar-refractivity contribution in [2.75, 3.05) is 11.4 Å². The molecule has 6 nitrogen and oxygen atoms in total. The Hall–Kier alpha value is -3.74. The molecule has 1 unspecified atom stereocenters. The van der Waals surface area contributed by atoms with E-state index >= 15 is 0 Å². The Morgan fingerprint density at radius 3 is 2.61 bits per heavy atom. The highest BCUT2D eigenvalue weighted by Gasteiger charge is 2.18. The first-order valence-electron chi connectivity index (χ1n) is 11.1. The first kappa shape index (κ1) is 22.5. The van der Waals surface area contributed by atoms with Crippen LogP contribution in [0.3, 0.4) is 0 Å². The zero-order valence-electron chi connectivity index (χ0n) is 18.8. The third-order valence-corrected chi connectivity index (χ3v) is 5.54. The molecule has 2 aromatic heterocycles. The lowest BCUT2D eigenvalue weighted by molar-refractivity contribution is -0.121. The van der Waals surface area contributed by atoms with Crippen LogP contribution in [0.4, 0.5) is 10.2 Å². The van der Waals surface area contributed by atoms with E-state index in [0.717, 1.165) is 28.6 Å². The van der Waals surface area contributed by atoms with Crippen molar-refractivity contribution in [2.45, 2.75) is 39.3 Å². The zero-order valence-corrected chi connectivity index (χ0v) is 18.8. The molecule has 4 rings (SSSR count). The molecule has 0 radical (unpaired) electrons. The first-order valence-corrected chi connectivity index (χ1v) is 11.1. The largest absolute Gasteiger partial charge is 0.467 e. The van der Waals surface area contributed by atoms with Gasteiger partial charge in [-0.1, -0.05) is 19.1 Å². The molecule has 0 aliphatic heterocycles. The fraction of sp³-hybridized carbons (Fsp3) is 0.269. The van der Waals surface area contributed by atoms with Crippen LogP contribution in [-0.2, 0) is 11.3 Å². The van der Waals surface area contributed by atoms with Crippen LogP contribution in [0, 0.1) is 5.82 Å². The summed E-state index contributed by atoms with van der Waals surface area (Å²) in [7, 11) is 0. The molecule has 7 heteroatoms. The van der Waals surface area contributed by atoms with E-state index in [2.05, 4.69) is 5.32 Å². The summed E-state index contributed by atoms with van der Waals surface area (Å²) in [5, 5.41) is 3.89. The summed E-state index contributed by atoms with van der Waals surface area (Å²) in [6.07, 6.45) is 2.82. The first-order chi connectivity index (χ1) is 16.0. The zero-order chi connectivity index (χ0) is 23.2. The molecule has 2 aromatic carbocycles. The number of benzene rings is 2. The molecule has 0 saturated carbocycles. The highest BCUT2D eigenvalue weighted by Crippen LogP contribution is 2.29. The van der Waals surface area contributed by atoms with Crippen molar-refractivity contribution in [3.8, 4) is 11.4 Å². The number of fused-ring (bicyclic) bond motifs is 1.